The van der Waals surface area contributed by atoms with Crippen molar-refractivity contribution in [3.05, 3.63) is 28.9 Å². The number of rotatable bonds is 4. The summed E-state index contributed by atoms with van der Waals surface area (Å²) in [5, 5.41) is 10.7. The Labute approximate surface area is 143 Å². The van der Waals surface area contributed by atoms with Crippen LogP contribution in [0.1, 0.15) is 19.3 Å². The third kappa shape index (κ3) is 4.40. The van der Waals surface area contributed by atoms with Gasteiger partial charge in [0.05, 0.1) is 12.1 Å². The summed E-state index contributed by atoms with van der Waals surface area (Å²) in [4.78, 5) is 30.9. The molecule has 1 N–H and O–H groups in total. The molecule has 2 saturated heterocycles. The Kier molecular flexibility index (Phi) is 4.88. The number of amides is 1. The molecule has 2 aliphatic heterocycles. The van der Waals surface area contributed by atoms with Gasteiger partial charge in [0.1, 0.15) is 6.54 Å². The molecule has 2 aliphatic rings. The highest BCUT2D eigenvalue weighted by atomic mass is 19.3. The van der Waals surface area contributed by atoms with E-state index in [4.69, 9.17) is 0 Å². The predicted octanol–water partition coefficient (Wildman–Crippen LogP) is -0.0622. The van der Waals surface area contributed by atoms with Crippen molar-refractivity contribution in [3.63, 3.8) is 0 Å². The largest absolute Gasteiger partial charge is 0.387 e. The maximum absolute atomic E-state index is 13.2. The average Bonchev–Trinajstić information content (AvgIpc) is 2.94. The molecule has 0 aromatic carbocycles. The van der Waals surface area contributed by atoms with E-state index < -0.39 is 17.2 Å². The minimum atomic E-state index is -2.62. The molecule has 0 bridgehead atoms. The fourth-order valence-corrected chi connectivity index (χ4v) is 3.41. The summed E-state index contributed by atoms with van der Waals surface area (Å²) in [7, 11) is 0. The van der Waals surface area contributed by atoms with Gasteiger partial charge in [-0.05, 0) is 12.5 Å². The van der Waals surface area contributed by atoms with Crippen molar-refractivity contribution in [2.24, 2.45) is 0 Å². The number of piperidine rings is 1. The molecule has 0 radical (unpaired) electrons. The summed E-state index contributed by atoms with van der Waals surface area (Å²) in [6.45, 7) is 1.17. The molecule has 9 heteroatoms. The SMILES string of the molecule is O=C(Cn1cccnc1=O)N1CCC(O)(CN2CCC(F)(F)CC2)C1. The monoisotopic (exact) mass is 356 g/mol. The number of hydrogen-bond donors (Lipinski definition) is 1. The van der Waals surface area contributed by atoms with Gasteiger partial charge in [-0.2, -0.15) is 0 Å². The van der Waals surface area contributed by atoms with Crippen LogP contribution in [0.5, 0.6) is 0 Å². The van der Waals surface area contributed by atoms with Crippen LogP contribution in [0, 0.1) is 0 Å². The highest BCUT2D eigenvalue weighted by molar-refractivity contribution is 5.76. The molecule has 2 fully saturated rings. The molecule has 1 aromatic rings. The molecule has 1 atom stereocenters. The zero-order valence-electron chi connectivity index (χ0n) is 13.9. The van der Waals surface area contributed by atoms with Crippen molar-refractivity contribution in [2.75, 3.05) is 32.7 Å². The van der Waals surface area contributed by atoms with Gasteiger partial charge in [-0.25, -0.2) is 18.6 Å². The molecule has 138 valence electrons. The number of carbonyl (C=O) groups is 1. The molecule has 25 heavy (non-hydrogen) atoms. The number of likely N-dealkylation sites (tertiary alicyclic amines) is 2. The second-order valence-electron chi connectivity index (χ2n) is 6.95. The molecule has 0 spiro atoms. The van der Waals surface area contributed by atoms with Crippen molar-refractivity contribution >= 4 is 5.91 Å². The van der Waals surface area contributed by atoms with E-state index in [0.717, 1.165) is 0 Å². The number of hydrogen-bond acceptors (Lipinski definition) is 5. The molecule has 0 saturated carbocycles. The lowest BCUT2D eigenvalue weighted by Gasteiger charge is -2.36. The predicted molar refractivity (Wildman–Crippen MR) is 85.3 cm³/mol. The van der Waals surface area contributed by atoms with E-state index in [1.54, 1.807) is 6.07 Å². The fraction of sp³-hybridized carbons (Fsp3) is 0.688. The van der Waals surface area contributed by atoms with E-state index in [1.807, 2.05) is 4.90 Å². The summed E-state index contributed by atoms with van der Waals surface area (Å²) in [6, 6.07) is 1.57. The van der Waals surface area contributed by atoms with E-state index in [2.05, 4.69) is 4.98 Å². The maximum atomic E-state index is 13.2. The molecule has 7 nitrogen and oxygen atoms in total. The summed E-state index contributed by atoms with van der Waals surface area (Å²) in [5.41, 5.74) is -1.60. The standard InChI is InChI=1S/C16H22F2N4O3/c17-16(18)3-7-20(8-4-16)11-15(25)2-9-22(12-15)13(23)10-21-6-1-5-19-14(21)24/h1,5-6,25H,2-4,7-12H2. The van der Waals surface area contributed by atoms with Crippen LogP contribution in [0.4, 0.5) is 8.78 Å². The van der Waals surface area contributed by atoms with Gasteiger partial charge < -0.3 is 10.0 Å². The fourth-order valence-electron chi connectivity index (χ4n) is 3.41. The summed E-state index contributed by atoms with van der Waals surface area (Å²) in [5.74, 6) is -2.88. The van der Waals surface area contributed by atoms with Crippen LogP contribution in [-0.4, -0.2) is 74.6 Å². The lowest BCUT2D eigenvalue weighted by molar-refractivity contribution is -0.132. The lowest BCUT2D eigenvalue weighted by Crippen LogP contribution is -2.50. The third-order valence-corrected chi connectivity index (χ3v) is 4.88. The second-order valence-corrected chi connectivity index (χ2v) is 6.95. The minimum Gasteiger partial charge on any atom is -0.387 e. The van der Waals surface area contributed by atoms with Gasteiger partial charge >= 0.3 is 5.69 Å². The number of carbonyl (C=O) groups excluding carboxylic acids is 1. The Balaban J connectivity index is 1.54. The smallest absolute Gasteiger partial charge is 0.347 e. The van der Waals surface area contributed by atoms with Crippen LogP contribution in [0.15, 0.2) is 23.3 Å². The Morgan fingerprint density at radius 3 is 2.64 bits per heavy atom. The zero-order chi connectivity index (χ0) is 18.1. The lowest BCUT2D eigenvalue weighted by atomic mass is 10.00. The van der Waals surface area contributed by atoms with Gasteiger partial charge in [0.2, 0.25) is 5.91 Å². The van der Waals surface area contributed by atoms with Crippen LogP contribution >= 0.6 is 0 Å². The van der Waals surface area contributed by atoms with E-state index in [-0.39, 0.29) is 51.5 Å². The molecular formula is C16H22F2N4O3. The van der Waals surface area contributed by atoms with E-state index in [9.17, 15) is 23.5 Å². The van der Waals surface area contributed by atoms with Gasteiger partial charge in [0.15, 0.2) is 0 Å². The Bertz CT molecular complexity index is 686. The molecule has 0 aliphatic carbocycles. The number of halogens is 2. The highest BCUT2D eigenvalue weighted by Crippen LogP contribution is 2.30. The van der Waals surface area contributed by atoms with Crippen LogP contribution in [0.3, 0.4) is 0 Å². The van der Waals surface area contributed by atoms with E-state index in [1.165, 1.54) is 21.9 Å². The van der Waals surface area contributed by atoms with Crippen LogP contribution in [0.25, 0.3) is 0 Å². The first kappa shape index (κ1) is 17.9. The quantitative estimate of drug-likeness (QED) is 0.818. The maximum Gasteiger partial charge on any atom is 0.347 e. The van der Waals surface area contributed by atoms with Crippen molar-refractivity contribution in [3.8, 4) is 0 Å². The van der Waals surface area contributed by atoms with Crippen molar-refractivity contribution < 1.29 is 18.7 Å². The first-order valence-corrected chi connectivity index (χ1v) is 8.38. The third-order valence-electron chi connectivity index (χ3n) is 4.88. The van der Waals surface area contributed by atoms with Gasteiger partial charge in [0, 0.05) is 51.4 Å². The highest BCUT2D eigenvalue weighted by Gasteiger charge is 2.42. The second kappa shape index (κ2) is 6.80. The normalized spacial score (nSPS) is 26.8. The number of alkyl halides is 2. The number of aromatic nitrogens is 2. The summed E-state index contributed by atoms with van der Waals surface area (Å²) < 4.78 is 27.7. The number of β-amino-alcohol motifs (C(OH)–C–C–N with tert-alkyl or cyclic N) is 1. The number of aliphatic hydroxyl groups is 1. The zero-order valence-corrected chi connectivity index (χ0v) is 13.9. The van der Waals surface area contributed by atoms with Gasteiger partial charge in [0.25, 0.3) is 5.92 Å². The summed E-state index contributed by atoms with van der Waals surface area (Å²) in [6.07, 6.45) is 2.85. The summed E-state index contributed by atoms with van der Waals surface area (Å²) >= 11 is 0. The minimum absolute atomic E-state index is 0.126. The molecule has 3 rings (SSSR count). The van der Waals surface area contributed by atoms with Gasteiger partial charge in [-0.1, -0.05) is 0 Å². The Hall–Kier alpha value is -1.87. The molecule has 3 heterocycles. The van der Waals surface area contributed by atoms with Crippen molar-refractivity contribution in [2.45, 2.75) is 37.3 Å². The molecule has 1 amide bonds. The van der Waals surface area contributed by atoms with Gasteiger partial charge in [-0.3, -0.25) is 14.3 Å². The van der Waals surface area contributed by atoms with Crippen LogP contribution in [0.2, 0.25) is 0 Å². The molecule has 1 aromatic heterocycles. The molecular weight excluding hydrogens is 334 g/mol. The first-order valence-electron chi connectivity index (χ1n) is 8.38. The van der Waals surface area contributed by atoms with E-state index >= 15 is 0 Å². The van der Waals surface area contributed by atoms with Crippen LogP contribution in [-0.2, 0) is 11.3 Å². The van der Waals surface area contributed by atoms with Crippen LogP contribution < -0.4 is 5.69 Å². The van der Waals surface area contributed by atoms with E-state index in [0.29, 0.717) is 13.0 Å². The van der Waals surface area contributed by atoms with Crippen molar-refractivity contribution in [1.29, 1.82) is 0 Å². The van der Waals surface area contributed by atoms with Gasteiger partial charge in [-0.15, -0.1) is 0 Å². The number of nitrogens with zero attached hydrogens (tertiary/aromatic N) is 4. The van der Waals surface area contributed by atoms with Crippen molar-refractivity contribution in [1.82, 2.24) is 19.4 Å². The average molecular weight is 356 g/mol. The first-order chi connectivity index (χ1) is 11.8. The topological polar surface area (TPSA) is 78.7 Å². The molecule has 1 unspecified atom stereocenters. The Morgan fingerprint density at radius 1 is 1.24 bits per heavy atom. The Morgan fingerprint density at radius 2 is 1.96 bits per heavy atom.